The molecule has 0 aliphatic rings. The monoisotopic (exact) mass is 243 g/mol. The van der Waals surface area contributed by atoms with Gasteiger partial charge in [-0.25, -0.2) is 4.79 Å². The van der Waals surface area contributed by atoms with Crippen molar-refractivity contribution < 1.29 is 9.53 Å². The van der Waals surface area contributed by atoms with Gasteiger partial charge in [-0.1, -0.05) is 31.5 Å². The first-order valence-corrected chi connectivity index (χ1v) is 5.71. The molecular weight excluding hydrogens is 226 g/mol. The van der Waals surface area contributed by atoms with Crippen LogP contribution in [-0.2, 0) is 4.74 Å². The molecule has 3 nitrogen and oxygen atoms in total. The van der Waals surface area contributed by atoms with E-state index >= 15 is 0 Å². The molecule has 0 saturated carbocycles. The van der Waals surface area contributed by atoms with Gasteiger partial charge in [0.25, 0.3) is 0 Å². The van der Waals surface area contributed by atoms with Crippen LogP contribution < -0.4 is 5.32 Å². The highest BCUT2D eigenvalue weighted by atomic mass is 35.5. The lowest BCUT2D eigenvalue weighted by Gasteiger charge is -2.06. The largest absolute Gasteiger partial charge is 0.450 e. The van der Waals surface area contributed by atoms with Crippen LogP contribution in [0.2, 0.25) is 5.02 Å². The fraction of sp³-hybridized carbons (Fsp3) is 0.417. The maximum atomic E-state index is 11.0. The number of halogens is 1. The average Bonchev–Trinajstić information content (AvgIpc) is 2.27. The van der Waals surface area contributed by atoms with E-state index in [0.717, 1.165) is 5.56 Å². The third kappa shape index (κ3) is 5.03. The molecular formula is C12H18ClNO2. The van der Waals surface area contributed by atoms with Gasteiger partial charge >= 0.3 is 6.09 Å². The van der Waals surface area contributed by atoms with E-state index in [0.29, 0.717) is 17.3 Å². The summed E-state index contributed by atoms with van der Waals surface area (Å²) >= 11 is 5.88. The minimum Gasteiger partial charge on any atom is -0.450 e. The summed E-state index contributed by atoms with van der Waals surface area (Å²) in [7, 11) is 0. The summed E-state index contributed by atoms with van der Waals surface area (Å²) < 4.78 is 4.72. The predicted molar refractivity (Wildman–Crippen MR) is 68.2 cm³/mol. The highest BCUT2D eigenvalue weighted by Gasteiger charge is 2.02. The lowest BCUT2D eigenvalue weighted by atomic mass is 10.2. The fourth-order valence-electron chi connectivity index (χ4n) is 0.956. The lowest BCUT2D eigenvalue weighted by molar-refractivity contribution is 0.168. The normalized spacial score (nSPS) is 8.81. The Labute approximate surface area is 102 Å². The summed E-state index contributed by atoms with van der Waals surface area (Å²) in [6.07, 6.45) is -0.465. The Kier molecular flexibility index (Phi) is 7.38. The molecule has 0 heterocycles. The number of hydrogen-bond donors (Lipinski definition) is 1. The van der Waals surface area contributed by atoms with Crippen LogP contribution in [-0.4, -0.2) is 12.7 Å². The smallest absolute Gasteiger partial charge is 0.411 e. The number of aryl methyl sites for hydroxylation is 1. The Morgan fingerprint density at radius 1 is 1.44 bits per heavy atom. The Morgan fingerprint density at radius 2 is 2.06 bits per heavy atom. The van der Waals surface area contributed by atoms with Crippen LogP contribution in [0.15, 0.2) is 18.2 Å². The summed E-state index contributed by atoms with van der Waals surface area (Å²) in [5.41, 5.74) is 1.61. The fourth-order valence-corrected chi connectivity index (χ4v) is 1.14. The van der Waals surface area contributed by atoms with Gasteiger partial charge in [-0.15, -0.1) is 0 Å². The number of anilines is 1. The maximum Gasteiger partial charge on any atom is 0.411 e. The van der Waals surface area contributed by atoms with Gasteiger partial charge in [-0.2, -0.15) is 0 Å². The first-order chi connectivity index (χ1) is 7.63. The molecule has 0 saturated heterocycles. The van der Waals surface area contributed by atoms with Gasteiger partial charge in [-0.3, -0.25) is 5.32 Å². The van der Waals surface area contributed by atoms with Crippen molar-refractivity contribution >= 4 is 23.4 Å². The number of amides is 1. The molecule has 4 heteroatoms. The van der Waals surface area contributed by atoms with Crippen molar-refractivity contribution in [2.75, 3.05) is 11.9 Å². The van der Waals surface area contributed by atoms with Crippen LogP contribution in [0.4, 0.5) is 10.5 Å². The second-order valence-electron chi connectivity index (χ2n) is 2.81. The third-order valence-corrected chi connectivity index (χ3v) is 2.10. The van der Waals surface area contributed by atoms with Crippen LogP contribution in [0.5, 0.6) is 0 Å². The molecule has 0 atom stereocenters. The van der Waals surface area contributed by atoms with E-state index in [-0.39, 0.29) is 0 Å². The zero-order valence-corrected chi connectivity index (χ0v) is 10.9. The molecule has 16 heavy (non-hydrogen) atoms. The van der Waals surface area contributed by atoms with Crippen LogP contribution in [0.3, 0.4) is 0 Å². The van der Waals surface area contributed by atoms with E-state index in [2.05, 4.69) is 5.32 Å². The highest BCUT2D eigenvalue weighted by molar-refractivity contribution is 6.31. The predicted octanol–water partition coefficient (Wildman–Crippen LogP) is 4.24. The van der Waals surface area contributed by atoms with E-state index < -0.39 is 6.09 Å². The van der Waals surface area contributed by atoms with Crippen LogP contribution in [0.25, 0.3) is 0 Å². The zero-order chi connectivity index (χ0) is 12.6. The number of carbonyl (C=O) groups excluding carboxylic acids is 1. The van der Waals surface area contributed by atoms with E-state index in [1.165, 1.54) is 0 Å². The van der Waals surface area contributed by atoms with Crippen LogP contribution in [0.1, 0.15) is 26.3 Å². The minimum absolute atomic E-state index is 0.353. The molecule has 90 valence electrons. The summed E-state index contributed by atoms with van der Waals surface area (Å²) in [4.78, 5) is 11.0. The topological polar surface area (TPSA) is 38.3 Å². The standard InChI is InChI=1S/C10H12ClNO2.C2H6/c1-3-14-10(13)12-8-5-4-7(2)9(11)6-8;1-2/h4-6H,3H2,1-2H3,(H,12,13);1-2H3. The van der Waals surface area contributed by atoms with Crippen molar-refractivity contribution in [2.45, 2.75) is 27.7 Å². The SMILES string of the molecule is CC.CCOC(=O)Nc1ccc(C)c(Cl)c1. The summed E-state index contributed by atoms with van der Waals surface area (Å²) in [5.74, 6) is 0. The number of hydrogen-bond acceptors (Lipinski definition) is 2. The molecule has 0 unspecified atom stereocenters. The molecule has 0 aliphatic heterocycles. The molecule has 0 aliphatic carbocycles. The van der Waals surface area contributed by atoms with E-state index in [1.807, 2.05) is 26.8 Å². The van der Waals surface area contributed by atoms with Crippen molar-refractivity contribution in [2.24, 2.45) is 0 Å². The summed E-state index contributed by atoms with van der Waals surface area (Å²) in [6, 6.07) is 5.30. The molecule has 0 fully saturated rings. The first-order valence-electron chi connectivity index (χ1n) is 5.33. The average molecular weight is 244 g/mol. The molecule has 1 rings (SSSR count). The molecule has 0 radical (unpaired) electrons. The Bertz CT molecular complexity index is 340. The highest BCUT2D eigenvalue weighted by Crippen LogP contribution is 2.19. The first kappa shape index (κ1) is 14.8. The van der Waals surface area contributed by atoms with Gasteiger partial charge in [-0.05, 0) is 31.5 Å². The van der Waals surface area contributed by atoms with E-state index in [4.69, 9.17) is 16.3 Å². The van der Waals surface area contributed by atoms with Crippen LogP contribution in [0, 0.1) is 6.92 Å². The van der Waals surface area contributed by atoms with Gasteiger partial charge in [0.1, 0.15) is 0 Å². The summed E-state index contributed by atoms with van der Waals surface area (Å²) in [6.45, 7) is 8.00. The van der Waals surface area contributed by atoms with Gasteiger partial charge in [0.2, 0.25) is 0 Å². The van der Waals surface area contributed by atoms with Gasteiger partial charge in [0, 0.05) is 10.7 Å². The minimum atomic E-state index is -0.465. The molecule has 0 aromatic heterocycles. The molecule has 1 N–H and O–H groups in total. The Balaban J connectivity index is 0.00000106. The molecule has 0 bridgehead atoms. The van der Waals surface area contributed by atoms with Crippen molar-refractivity contribution in [1.82, 2.24) is 0 Å². The number of nitrogens with one attached hydrogen (secondary N) is 1. The quantitative estimate of drug-likeness (QED) is 0.844. The zero-order valence-electron chi connectivity index (χ0n) is 10.1. The number of rotatable bonds is 2. The number of ether oxygens (including phenoxy) is 1. The van der Waals surface area contributed by atoms with Crippen molar-refractivity contribution in [3.8, 4) is 0 Å². The van der Waals surface area contributed by atoms with Gasteiger partial charge in [0.15, 0.2) is 0 Å². The number of carbonyl (C=O) groups is 1. The third-order valence-electron chi connectivity index (χ3n) is 1.69. The maximum absolute atomic E-state index is 11.0. The lowest BCUT2D eigenvalue weighted by Crippen LogP contribution is -2.13. The summed E-state index contributed by atoms with van der Waals surface area (Å²) in [5, 5.41) is 3.19. The number of benzene rings is 1. The second-order valence-corrected chi connectivity index (χ2v) is 3.22. The van der Waals surface area contributed by atoms with Crippen molar-refractivity contribution in [3.63, 3.8) is 0 Å². The Morgan fingerprint density at radius 3 is 2.56 bits per heavy atom. The van der Waals surface area contributed by atoms with Gasteiger partial charge < -0.3 is 4.74 Å². The molecule has 1 aromatic carbocycles. The van der Waals surface area contributed by atoms with Gasteiger partial charge in [0.05, 0.1) is 6.61 Å². The van der Waals surface area contributed by atoms with Crippen LogP contribution >= 0.6 is 11.6 Å². The second kappa shape index (κ2) is 7.99. The molecule has 1 aromatic rings. The van der Waals surface area contributed by atoms with Crippen molar-refractivity contribution in [3.05, 3.63) is 28.8 Å². The van der Waals surface area contributed by atoms with E-state index in [1.54, 1.807) is 19.1 Å². The Hall–Kier alpha value is -1.22. The van der Waals surface area contributed by atoms with E-state index in [9.17, 15) is 4.79 Å². The molecule has 0 spiro atoms. The van der Waals surface area contributed by atoms with Crippen molar-refractivity contribution in [1.29, 1.82) is 0 Å². The molecule has 1 amide bonds.